The van der Waals surface area contributed by atoms with E-state index < -0.39 is 0 Å². The molecule has 0 radical (unpaired) electrons. The summed E-state index contributed by atoms with van der Waals surface area (Å²) in [6, 6.07) is 7.35. The van der Waals surface area contributed by atoms with Crippen LogP contribution in [0.1, 0.15) is 20.3 Å². The molecule has 0 unspecified atom stereocenters. The Bertz CT molecular complexity index is 536. The van der Waals surface area contributed by atoms with Crippen molar-refractivity contribution in [1.29, 1.82) is 0 Å². The lowest BCUT2D eigenvalue weighted by Gasteiger charge is -2.33. The number of nitrogen functional groups attached to an aromatic ring is 1. The molecule has 1 aliphatic rings. The highest BCUT2D eigenvalue weighted by Crippen LogP contribution is 2.21. The van der Waals surface area contributed by atoms with E-state index in [1.807, 2.05) is 30.3 Å². The van der Waals surface area contributed by atoms with Crippen molar-refractivity contribution in [3.05, 3.63) is 48.2 Å². The summed E-state index contributed by atoms with van der Waals surface area (Å²) >= 11 is 0. The van der Waals surface area contributed by atoms with Crippen LogP contribution in [-0.4, -0.2) is 18.8 Å². The summed E-state index contributed by atoms with van der Waals surface area (Å²) in [6.07, 6.45) is 7.06. The van der Waals surface area contributed by atoms with Crippen LogP contribution in [-0.2, 0) is 0 Å². The molecule has 0 saturated carbocycles. The Hall–Kier alpha value is -1.98. The molecule has 5 heteroatoms. The van der Waals surface area contributed by atoms with Gasteiger partial charge in [0.15, 0.2) is 0 Å². The number of allylic oxidation sites excluding steroid dienone is 1. The van der Waals surface area contributed by atoms with Gasteiger partial charge in [-0.15, -0.1) is 0 Å². The van der Waals surface area contributed by atoms with Gasteiger partial charge in [-0.05, 0) is 49.5 Å². The number of nitrogens with zero attached hydrogens (tertiary/aromatic N) is 2. The minimum Gasteiger partial charge on any atom is -0.399 e. The fourth-order valence-corrected chi connectivity index (χ4v) is 2.32. The van der Waals surface area contributed by atoms with E-state index in [4.69, 9.17) is 5.73 Å². The fourth-order valence-electron chi connectivity index (χ4n) is 2.32. The van der Waals surface area contributed by atoms with Crippen molar-refractivity contribution < 1.29 is 0 Å². The van der Waals surface area contributed by atoms with Gasteiger partial charge >= 0.3 is 0 Å². The maximum absolute atomic E-state index is 5.64. The van der Waals surface area contributed by atoms with Crippen molar-refractivity contribution in [3.63, 3.8) is 0 Å². The standard InChI is InChI=1S/C16H23N5/c1-3-18-16(19-4-2)11-9-15(10-12-16)21-20-14-7-5-13(17)6-8-14/h5-11,18-19H,3-4,12,17H2,1-2H3. The minimum atomic E-state index is -0.163. The lowest BCUT2D eigenvalue weighted by Crippen LogP contribution is -2.55. The first-order chi connectivity index (χ1) is 10.2. The fraction of sp³-hybridized carbons (Fsp3) is 0.375. The van der Waals surface area contributed by atoms with Gasteiger partial charge < -0.3 is 5.73 Å². The van der Waals surface area contributed by atoms with Crippen LogP contribution in [0.25, 0.3) is 0 Å². The first-order valence-electron chi connectivity index (χ1n) is 7.34. The predicted molar refractivity (Wildman–Crippen MR) is 87.3 cm³/mol. The highest BCUT2D eigenvalue weighted by molar-refractivity contribution is 5.47. The van der Waals surface area contributed by atoms with Crippen molar-refractivity contribution in [3.8, 4) is 0 Å². The molecular weight excluding hydrogens is 262 g/mol. The Morgan fingerprint density at radius 1 is 1.10 bits per heavy atom. The molecule has 0 aliphatic heterocycles. The summed E-state index contributed by atoms with van der Waals surface area (Å²) in [5, 5.41) is 15.4. The minimum absolute atomic E-state index is 0.163. The number of hydrogen-bond acceptors (Lipinski definition) is 5. The lowest BCUT2D eigenvalue weighted by molar-refractivity contribution is 0.337. The Morgan fingerprint density at radius 3 is 2.29 bits per heavy atom. The van der Waals surface area contributed by atoms with E-state index in [1.54, 1.807) is 0 Å². The maximum Gasteiger partial charge on any atom is 0.0918 e. The van der Waals surface area contributed by atoms with Crippen LogP contribution in [0.5, 0.6) is 0 Å². The Balaban J connectivity index is 2.02. The van der Waals surface area contributed by atoms with Gasteiger partial charge in [-0.25, -0.2) is 0 Å². The number of rotatable bonds is 6. The molecule has 1 aromatic rings. The maximum atomic E-state index is 5.64. The number of nitrogens with two attached hydrogens (primary N) is 1. The van der Waals surface area contributed by atoms with Crippen molar-refractivity contribution in [2.75, 3.05) is 18.8 Å². The average molecular weight is 285 g/mol. The number of likely N-dealkylation sites (N-methyl/N-ethyl adjacent to an activating group) is 2. The van der Waals surface area contributed by atoms with E-state index in [0.29, 0.717) is 0 Å². The molecule has 0 amide bonds. The molecule has 0 fully saturated rings. The zero-order valence-electron chi connectivity index (χ0n) is 12.6. The molecule has 0 atom stereocenters. The van der Waals surface area contributed by atoms with Crippen molar-refractivity contribution in [1.82, 2.24) is 10.6 Å². The quantitative estimate of drug-likeness (QED) is 0.427. The summed E-state index contributed by atoms with van der Waals surface area (Å²) in [5.41, 5.74) is 7.88. The third-order valence-electron chi connectivity index (χ3n) is 3.33. The first-order valence-corrected chi connectivity index (χ1v) is 7.34. The Labute approximate surface area is 126 Å². The van der Waals surface area contributed by atoms with Gasteiger partial charge in [-0.2, -0.15) is 10.2 Å². The van der Waals surface area contributed by atoms with Gasteiger partial charge in [0.05, 0.1) is 17.0 Å². The molecule has 5 nitrogen and oxygen atoms in total. The summed E-state index contributed by atoms with van der Waals surface area (Å²) in [5.74, 6) is 0. The molecule has 112 valence electrons. The van der Waals surface area contributed by atoms with Crippen LogP contribution in [0.3, 0.4) is 0 Å². The summed E-state index contributed by atoms with van der Waals surface area (Å²) in [6.45, 7) is 6.03. The van der Waals surface area contributed by atoms with E-state index in [2.05, 4.69) is 46.9 Å². The van der Waals surface area contributed by atoms with Gasteiger partial charge in [-0.1, -0.05) is 19.9 Å². The number of hydrogen-bond donors (Lipinski definition) is 3. The van der Waals surface area contributed by atoms with Crippen LogP contribution in [0, 0.1) is 0 Å². The molecule has 0 spiro atoms. The Kier molecular flexibility index (Phi) is 5.25. The topological polar surface area (TPSA) is 74.8 Å². The van der Waals surface area contributed by atoms with Gasteiger partial charge in [-0.3, -0.25) is 10.6 Å². The second kappa shape index (κ2) is 7.15. The van der Waals surface area contributed by atoms with Crippen LogP contribution in [0.2, 0.25) is 0 Å². The molecule has 0 bridgehead atoms. The smallest absolute Gasteiger partial charge is 0.0918 e. The number of anilines is 1. The zero-order valence-corrected chi connectivity index (χ0v) is 12.6. The summed E-state index contributed by atoms with van der Waals surface area (Å²) in [7, 11) is 0. The third kappa shape index (κ3) is 4.24. The third-order valence-corrected chi connectivity index (χ3v) is 3.33. The van der Waals surface area contributed by atoms with Gasteiger partial charge in [0, 0.05) is 12.1 Å². The van der Waals surface area contributed by atoms with Gasteiger partial charge in [0.1, 0.15) is 0 Å². The Morgan fingerprint density at radius 2 is 1.76 bits per heavy atom. The molecule has 0 saturated heterocycles. The highest BCUT2D eigenvalue weighted by Gasteiger charge is 2.25. The lowest BCUT2D eigenvalue weighted by atomic mass is 9.99. The molecule has 0 aromatic heterocycles. The van der Waals surface area contributed by atoms with Gasteiger partial charge in [0.2, 0.25) is 0 Å². The van der Waals surface area contributed by atoms with Crippen molar-refractivity contribution in [2.45, 2.75) is 25.9 Å². The molecule has 0 heterocycles. The average Bonchev–Trinajstić information content (AvgIpc) is 2.49. The predicted octanol–water partition coefficient (Wildman–Crippen LogP) is 3.11. The second-order valence-electron chi connectivity index (χ2n) is 4.99. The van der Waals surface area contributed by atoms with E-state index in [0.717, 1.165) is 36.6 Å². The number of nitrogens with one attached hydrogen (secondary N) is 2. The highest BCUT2D eigenvalue weighted by atomic mass is 15.2. The molecular formula is C16H23N5. The van der Waals surface area contributed by atoms with E-state index >= 15 is 0 Å². The van der Waals surface area contributed by atoms with Crippen molar-refractivity contribution in [2.24, 2.45) is 10.2 Å². The van der Waals surface area contributed by atoms with E-state index in [1.165, 1.54) is 0 Å². The number of azo groups is 1. The largest absolute Gasteiger partial charge is 0.399 e. The summed E-state index contributed by atoms with van der Waals surface area (Å²) in [4.78, 5) is 0. The second-order valence-corrected chi connectivity index (χ2v) is 4.99. The van der Waals surface area contributed by atoms with Crippen molar-refractivity contribution >= 4 is 11.4 Å². The van der Waals surface area contributed by atoms with Crippen LogP contribution >= 0.6 is 0 Å². The molecule has 4 N–H and O–H groups in total. The molecule has 1 aliphatic carbocycles. The molecule has 21 heavy (non-hydrogen) atoms. The van der Waals surface area contributed by atoms with E-state index in [-0.39, 0.29) is 5.66 Å². The molecule has 2 rings (SSSR count). The van der Waals surface area contributed by atoms with Crippen LogP contribution in [0.4, 0.5) is 11.4 Å². The monoisotopic (exact) mass is 285 g/mol. The molecule has 1 aromatic carbocycles. The normalized spacial score (nSPS) is 17.1. The number of benzene rings is 1. The van der Waals surface area contributed by atoms with Crippen LogP contribution < -0.4 is 16.4 Å². The van der Waals surface area contributed by atoms with Gasteiger partial charge in [0.25, 0.3) is 0 Å². The SMILES string of the molecule is CCNC1(NCC)C=CC(N=Nc2ccc(N)cc2)=CC1. The first kappa shape index (κ1) is 15.4. The van der Waals surface area contributed by atoms with E-state index in [9.17, 15) is 0 Å². The zero-order chi connectivity index (χ0) is 15.1. The summed E-state index contributed by atoms with van der Waals surface area (Å²) < 4.78 is 0. The van der Waals surface area contributed by atoms with Crippen LogP contribution in [0.15, 0.2) is 58.4 Å².